The van der Waals surface area contributed by atoms with Gasteiger partial charge in [-0.25, -0.2) is 0 Å². The van der Waals surface area contributed by atoms with Gasteiger partial charge in [-0.1, -0.05) is 40.6 Å². The third-order valence-corrected chi connectivity index (χ3v) is 3.62. The topological polar surface area (TPSA) is 0 Å². The summed E-state index contributed by atoms with van der Waals surface area (Å²) in [6.45, 7) is 6.74. The Kier molecular flexibility index (Phi) is 6.41. The minimum Gasteiger partial charge on any atom is -0.0843 e. The summed E-state index contributed by atoms with van der Waals surface area (Å²) in [7, 11) is 0.257. The van der Waals surface area contributed by atoms with Crippen LogP contribution in [0, 0.1) is 0 Å². The fourth-order valence-electron chi connectivity index (χ4n) is 0.689. The van der Waals surface area contributed by atoms with Gasteiger partial charge in [-0.3, -0.25) is 0 Å². The molecule has 0 N–H and O–H groups in total. The van der Waals surface area contributed by atoms with Crippen molar-refractivity contribution in [2.45, 2.75) is 27.2 Å². The quantitative estimate of drug-likeness (QED) is 0.530. The third kappa shape index (κ3) is 4.66. The van der Waals surface area contributed by atoms with Crippen LogP contribution in [0.1, 0.15) is 27.2 Å². The molecule has 0 amide bonds. The lowest BCUT2D eigenvalue weighted by Crippen LogP contribution is -1.76. The van der Waals surface area contributed by atoms with E-state index < -0.39 is 0 Å². The molecule has 0 unspecified atom stereocenters. The van der Waals surface area contributed by atoms with E-state index in [2.05, 4.69) is 32.7 Å². The molecule has 0 aromatic heterocycles. The zero-order valence-electron chi connectivity index (χ0n) is 6.72. The van der Waals surface area contributed by atoms with Gasteiger partial charge in [0, 0.05) is 0 Å². The smallest absolute Gasteiger partial charge is 0.0320 e. The van der Waals surface area contributed by atoms with Gasteiger partial charge >= 0.3 is 0 Å². The van der Waals surface area contributed by atoms with Gasteiger partial charge in [-0.05, 0) is 18.7 Å². The van der Waals surface area contributed by atoms with Crippen molar-refractivity contribution < 1.29 is 0 Å². The van der Waals surface area contributed by atoms with E-state index in [9.17, 15) is 0 Å². The summed E-state index contributed by atoms with van der Waals surface area (Å²) in [6, 6.07) is 0. The van der Waals surface area contributed by atoms with Crippen LogP contribution in [0.4, 0.5) is 0 Å². The average Bonchev–Trinajstić information content (AvgIpc) is 1.91. The number of hydrogen-bond acceptors (Lipinski definition) is 0. The normalized spacial score (nSPS) is 11.6. The molecule has 54 valence electrons. The second-order valence-electron chi connectivity index (χ2n) is 2.01. The molecule has 0 aromatic rings. The third-order valence-electron chi connectivity index (χ3n) is 1.36. The van der Waals surface area contributed by atoms with Crippen molar-refractivity contribution in [2.24, 2.45) is 0 Å². The fourth-order valence-corrected chi connectivity index (χ4v) is 2.07. The summed E-state index contributed by atoms with van der Waals surface area (Å²) in [6.07, 6.45) is 6.18. The van der Waals surface area contributed by atoms with E-state index in [4.69, 9.17) is 0 Å². The van der Waals surface area contributed by atoms with Crippen LogP contribution in [-0.2, 0) is 0 Å². The van der Waals surface area contributed by atoms with E-state index in [1.54, 1.807) is 0 Å². The van der Waals surface area contributed by atoms with Gasteiger partial charge in [-0.15, -0.1) is 0 Å². The van der Waals surface area contributed by atoms with E-state index in [0.717, 1.165) is 0 Å². The SMILES string of the molecule is CC/C=C/P(CC)CC. The van der Waals surface area contributed by atoms with Gasteiger partial charge in [0.05, 0.1) is 0 Å². The highest BCUT2D eigenvalue weighted by Crippen LogP contribution is 2.35. The van der Waals surface area contributed by atoms with Crippen molar-refractivity contribution in [1.29, 1.82) is 0 Å². The Balaban J connectivity index is 3.41. The first kappa shape index (κ1) is 9.17. The zero-order chi connectivity index (χ0) is 7.11. The molecule has 9 heavy (non-hydrogen) atoms. The van der Waals surface area contributed by atoms with Crippen LogP contribution in [0.2, 0.25) is 0 Å². The van der Waals surface area contributed by atoms with Crippen LogP contribution in [0.15, 0.2) is 11.9 Å². The molecule has 0 aromatic carbocycles. The predicted octanol–water partition coefficient (Wildman–Crippen LogP) is 3.43. The molecule has 0 heterocycles. The van der Waals surface area contributed by atoms with E-state index in [1.807, 2.05) is 0 Å². The van der Waals surface area contributed by atoms with E-state index in [1.165, 1.54) is 18.7 Å². The van der Waals surface area contributed by atoms with E-state index >= 15 is 0 Å². The van der Waals surface area contributed by atoms with Gasteiger partial charge in [-0.2, -0.15) is 0 Å². The summed E-state index contributed by atoms with van der Waals surface area (Å²) in [5.41, 5.74) is 0. The summed E-state index contributed by atoms with van der Waals surface area (Å²) in [4.78, 5) is 0. The lowest BCUT2D eigenvalue weighted by atomic mass is 10.5. The Morgan fingerprint density at radius 1 is 1.11 bits per heavy atom. The minimum absolute atomic E-state index is 0.257. The fraction of sp³-hybridized carbons (Fsp3) is 0.750. The van der Waals surface area contributed by atoms with Crippen LogP contribution >= 0.6 is 7.92 Å². The average molecular weight is 144 g/mol. The maximum absolute atomic E-state index is 2.40. The van der Waals surface area contributed by atoms with Crippen LogP contribution in [0.5, 0.6) is 0 Å². The van der Waals surface area contributed by atoms with Crippen molar-refractivity contribution in [2.75, 3.05) is 12.3 Å². The molecule has 1 heteroatoms. The molecule has 0 spiro atoms. The lowest BCUT2D eigenvalue weighted by Gasteiger charge is -2.04. The second-order valence-corrected chi connectivity index (χ2v) is 4.75. The highest BCUT2D eigenvalue weighted by atomic mass is 31.1. The number of hydrogen-bond donors (Lipinski definition) is 0. The second kappa shape index (κ2) is 6.29. The van der Waals surface area contributed by atoms with Crippen molar-refractivity contribution in [3.8, 4) is 0 Å². The van der Waals surface area contributed by atoms with Gasteiger partial charge in [0.2, 0.25) is 0 Å². The van der Waals surface area contributed by atoms with E-state index in [0.29, 0.717) is 0 Å². The summed E-state index contributed by atoms with van der Waals surface area (Å²) in [5.74, 6) is 2.40. The predicted molar refractivity (Wildman–Crippen MR) is 47.4 cm³/mol. The Labute approximate surface area is 60.1 Å². The summed E-state index contributed by atoms with van der Waals surface area (Å²) >= 11 is 0. The molecule has 0 aliphatic heterocycles. The van der Waals surface area contributed by atoms with Crippen LogP contribution in [0.3, 0.4) is 0 Å². The zero-order valence-corrected chi connectivity index (χ0v) is 7.62. The Morgan fingerprint density at radius 3 is 2.00 bits per heavy atom. The molecule has 0 atom stereocenters. The first-order valence-corrected chi connectivity index (χ1v) is 5.53. The number of rotatable bonds is 4. The minimum atomic E-state index is 0.257. The van der Waals surface area contributed by atoms with Crippen LogP contribution < -0.4 is 0 Å². The van der Waals surface area contributed by atoms with Crippen molar-refractivity contribution in [3.05, 3.63) is 11.9 Å². The molecule has 0 saturated carbocycles. The molecule has 0 aliphatic carbocycles. The van der Waals surface area contributed by atoms with Gasteiger partial charge in [0.25, 0.3) is 0 Å². The van der Waals surface area contributed by atoms with Crippen molar-refractivity contribution in [3.63, 3.8) is 0 Å². The highest BCUT2D eigenvalue weighted by Gasteiger charge is 1.92. The Morgan fingerprint density at radius 2 is 1.67 bits per heavy atom. The monoisotopic (exact) mass is 144 g/mol. The van der Waals surface area contributed by atoms with Gasteiger partial charge in [0.15, 0.2) is 0 Å². The molecule has 0 bridgehead atoms. The standard InChI is InChI=1S/C8H17P/c1-4-7-8-9(5-2)6-3/h7-8H,4-6H2,1-3H3/b8-7+. The molecule has 0 nitrogen and oxygen atoms in total. The van der Waals surface area contributed by atoms with Crippen LogP contribution in [-0.4, -0.2) is 12.3 Å². The summed E-state index contributed by atoms with van der Waals surface area (Å²) in [5, 5.41) is 0. The van der Waals surface area contributed by atoms with Crippen molar-refractivity contribution in [1.82, 2.24) is 0 Å². The van der Waals surface area contributed by atoms with E-state index in [-0.39, 0.29) is 7.92 Å². The molecule has 0 saturated heterocycles. The first-order valence-electron chi connectivity index (χ1n) is 3.75. The molecule has 0 aliphatic rings. The molecule has 0 radical (unpaired) electrons. The molecular formula is C8H17P. The Hall–Kier alpha value is 0.170. The Bertz CT molecular complexity index is 72.6. The largest absolute Gasteiger partial charge is 0.0843 e. The molecule has 0 fully saturated rings. The molecule has 0 rings (SSSR count). The van der Waals surface area contributed by atoms with Crippen LogP contribution in [0.25, 0.3) is 0 Å². The van der Waals surface area contributed by atoms with Gasteiger partial charge < -0.3 is 0 Å². The van der Waals surface area contributed by atoms with Gasteiger partial charge in [0.1, 0.15) is 0 Å². The highest BCUT2D eigenvalue weighted by molar-refractivity contribution is 7.60. The lowest BCUT2D eigenvalue weighted by molar-refractivity contribution is 1.23. The maximum Gasteiger partial charge on any atom is -0.0320 e. The first-order chi connectivity index (χ1) is 4.35. The molecular weight excluding hydrogens is 127 g/mol. The number of allylic oxidation sites excluding steroid dienone is 1. The van der Waals surface area contributed by atoms with Crippen molar-refractivity contribution >= 4 is 7.92 Å². The summed E-state index contributed by atoms with van der Waals surface area (Å²) < 4.78 is 0. The maximum atomic E-state index is 2.40.